The predicted octanol–water partition coefficient (Wildman–Crippen LogP) is 0.740. The topological polar surface area (TPSA) is 35.3 Å². The monoisotopic (exact) mass is 432 g/mol. The highest BCUT2D eigenvalue weighted by molar-refractivity contribution is 5.90. The Morgan fingerprint density at radius 1 is 1.13 bits per heavy atom. The summed E-state index contributed by atoms with van der Waals surface area (Å²) in [6, 6.07) is 0. The number of rotatable bonds is 11. The minimum absolute atomic E-state index is 0. The molecule has 0 saturated carbocycles. The van der Waals surface area contributed by atoms with Gasteiger partial charge in [-0.15, -0.1) is 6.58 Å². The first-order valence-electron chi connectivity index (χ1n) is 9.17. The van der Waals surface area contributed by atoms with Crippen LogP contribution in [0.25, 0.3) is 0 Å². The van der Waals surface area contributed by atoms with Crippen molar-refractivity contribution < 1.29 is 33.7 Å². The molecule has 1 atom stereocenters. The van der Waals surface area contributed by atoms with Crippen LogP contribution in [0.2, 0.25) is 0 Å². The summed E-state index contributed by atoms with van der Waals surface area (Å²) in [7, 11) is 0. The lowest BCUT2D eigenvalue weighted by atomic mass is 10.0. The van der Waals surface area contributed by atoms with Gasteiger partial charge in [0.1, 0.15) is 0 Å². The number of nitrogens with zero attached hydrogens (tertiary/aromatic N) is 1. The largest absolute Gasteiger partial charge is 1.00 e. The number of unbranched alkanes of at least 4 members (excludes halogenated alkanes) is 8. The molecule has 4 heteroatoms. The van der Waals surface area contributed by atoms with E-state index in [9.17, 15) is 5.11 Å². The first-order valence-corrected chi connectivity index (χ1v) is 9.17. The van der Waals surface area contributed by atoms with Crippen LogP contribution in [-0.4, -0.2) is 34.3 Å². The Bertz CT molecular complexity index is 420. The molecule has 0 saturated heterocycles. The number of halogens is 1. The Morgan fingerprint density at radius 2 is 1.78 bits per heavy atom. The van der Waals surface area contributed by atoms with Crippen LogP contribution in [0.15, 0.2) is 24.8 Å². The number of amidine groups is 1. The Morgan fingerprint density at radius 3 is 2.48 bits per heavy atom. The molecule has 2 aliphatic heterocycles. The van der Waals surface area contributed by atoms with Gasteiger partial charge in [-0.1, -0.05) is 44.6 Å². The summed E-state index contributed by atoms with van der Waals surface area (Å²) in [5.41, 5.74) is -0.729. The first kappa shape index (κ1) is 20.7. The quantitative estimate of drug-likeness (QED) is 0.219. The van der Waals surface area contributed by atoms with E-state index in [0.717, 1.165) is 44.6 Å². The summed E-state index contributed by atoms with van der Waals surface area (Å²) in [4.78, 5) is 0. The maximum Gasteiger partial charge on any atom is 0.272 e. The van der Waals surface area contributed by atoms with Crippen molar-refractivity contribution >= 4 is 5.84 Å². The molecule has 2 N–H and O–H groups in total. The zero-order valence-electron chi connectivity index (χ0n) is 14.4. The van der Waals surface area contributed by atoms with Gasteiger partial charge in [0.25, 0.3) is 5.84 Å². The third kappa shape index (κ3) is 6.57. The van der Waals surface area contributed by atoms with Gasteiger partial charge >= 0.3 is 0 Å². The minimum atomic E-state index is -0.729. The van der Waals surface area contributed by atoms with Gasteiger partial charge in [0.2, 0.25) is 5.72 Å². The van der Waals surface area contributed by atoms with E-state index in [-0.39, 0.29) is 24.0 Å². The second kappa shape index (κ2) is 11.2. The Hall–Kier alpha value is -0.360. The summed E-state index contributed by atoms with van der Waals surface area (Å²) < 4.78 is 2.14. The van der Waals surface area contributed by atoms with E-state index < -0.39 is 5.72 Å². The standard InChI is InChI=1S/C19H32N2O.HI/c1-2-3-4-5-6-7-8-9-10-11-14-19(22)15-13-18-20-16-12-17-21(18)19;/h2,13,15,22H,1,3-12,14,16-17H2;1H. The molecule has 0 amide bonds. The highest BCUT2D eigenvalue weighted by atomic mass is 127. The maximum atomic E-state index is 10.8. The smallest absolute Gasteiger partial charge is 0.272 e. The maximum absolute atomic E-state index is 10.8. The summed E-state index contributed by atoms with van der Waals surface area (Å²) in [5, 5.41) is 14.1. The average molecular weight is 432 g/mol. The molecule has 2 aliphatic rings. The molecule has 23 heavy (non-hydrogen) atoms. The Balaban J connectivity index is 0.00000264. The fraction of sp³-hybridized carbons (Fsp3) is 0.737. The highest BCUT2D eigenvalue weighted by Gasteiger charge is 2.39. The molecule has 2 heterocycles. The third-order valence-electron chi connectivity index (χ3n) is 4.83. The lowest BCUT2D eigenvalue weighted by Crippen LogP contribution is -3.00. The van der Waals surface area contributed by atoms with Crippen LogP contribution in [-0.2, 0) is 0 Å². The van der Waals surface area contributed by atoms with Gasteiger partial charge in [0, 0.05) is 18.9 Å². The van der Waals surface area contributed by atoms with Crippen molar-refractivity contribution in [2.45, 2.75) is 76.4 Å². The van der Waals surface area contributed by atoms with Crippen LogP contribution in [0, 0.1) is 0 Å². The number of hydrogen-bond donors (Lipinski definition) is 2. The van der Waals surface area contributed by atoms with Gasteiger partial charge in [-0.05, 0) is 25.3 Å². The van der Waals surface area contributed by atoms with Crippen LogP contribution in [0.1, 0.15) is 70.6 Å². The van der Waals surface area contributed by atoms with Crippen LogP contribution in [0.4, 0.5) is 0 Å². The Kier molecular flexibility index (Phi) is 10.1. The molecule has 0 aromatic rings. The van der Waals surface area contributed by atoms with Crippen molar-refractivity contribution in [3.8, 4) is 0 Å². The van der Waals surface area contributed by atoms with Gasteiger partial charge in [0.05, 0.1) is 13.1 Å². The van der Waals surface area contributed by atoms with E-state index in [1.165, 1.54) is 44.9 Å². The lowest BCUT2D eigenvalue weighted by molar-refractivity contribution is -0.644. The molecule has 1 unspecified atom stereocenters. The summed E-state index contributed by atoms with van der Waals surface area (Å²) >= 11 is 0. The van der Waals surface area contributed by atoms with E-state index >= 15 is 0 Å². The molecule has 0 bridgehead atoms. The zero-order valence-corrected chi connectivity index (χ0v) is 16.6. The number of aliphatic hydroxyl groups is 1. The fourth-order valence-corrected chi connectivity index (χ4v) is 3.48. The van der Waals surface area contributed by atoms with Crippen LogP contribution in [0.3, 0.4) is 0 Å². The van der Waals surface area contributed by atoms with Crippen molar-refractivity contribution in [3.63, 3.8) is 0 Å². The predicted molar refractivity (Wildman–Crippen MR) is 93.2 cm³/mol. The van der Waals surface area contributed by atoms with Gasteiger partial charge < -0.3 is 29.1 Å². The van der Waals surface area contributed by atoms with Crippen molar-refractivity contribution in [1.82, 2.24) is 5.32 Å². The SMILES string of the molecule is C=CCCCCCCCCCCC1(O)C=CC2=[N+]1CCCN2.[I-]. The van der Waals surface area contributed by atoms with Crippen molar-refractivity contribution in [1.29, 1.82) is 0 Å². The Labute approximate surface area is 159 Å². The van der Waals surface area contributed by atoms with E-state index in [2.05, 4.69) is 16.5 Å². The molecule has 2 rings (SSSR count). The second-order valence-electron chi connectivity index (χ2n) is 6.68. The lowest BCUT2D eigenvalue weighted by Gasteiger charge is -2.25. The number of hydrogen-bond acceptors (Lipinski definition) is 2. The summed E-state index contributed by atoms with van der Waals surface area (Å²) in [5.74, 6) is 1.10. The molecular weight excluding hydrogens is 399 g/mol. The third-order valence-corrected chi connectivity index (χ3v) is 4.83. The van der Waals surface area contributed by atoms with Gasteiger partial charge in [-0.25, -0.2) is 4.58 Å². The molecular formula is C19H33IN2O. The summed E-state index contributed by atoms with van der Waals surface area (Å²) in [6.07, 6.45) is 19.5. The van der Waals surface area contributed by atoms with E-state index in [1.807, 2.05) is 18.2 Å². The second-order valence-corrected chi connectivity index (χ2v) is 6.68. The van der Waals surface area contributed by atoms with Gasteiger partial charge in [-0.3, -0.25) is 5.32 Å². The van der Waals surface area contributed by atoms with Crippen LogP contribution < -0.4 is 29.3 Å². The molecule has 132 valence electrons. The molecule has 0 fully saturated rings. The molecule has 3 nitrogen and oxygen atoms in total. The van der Waals surface area contributed by atoms with Gasteiger partial charge in [-0.2, -0.15) is 0 Å². The van der Waals surface area contributed by atoms with E-state index in [0.29, 0.717) is 0 Å². The fourth-order valence-electron chi connectivity index (χ4n) is 3.48. The van der Waals surface area contributed by atoms with Crippen LogP contribution >= 0.6 is 0 Å². The number of allylic oxidation sites excluding steroid dienone is 1. The summed E-state index contributed by atoms with van der Waals surface area (Å²) in [6.45, 7) is 5.75. The average Bonchev–Trinajstić information content (AvgIpc) is 2.87. The van der Waals surface area contributed by atoms with Crippen molar-refractivity contribution in [2.24, 2.45) is 0 Å². The van der Waals surface area contributed by atoms with E-state index in [4.69, 9.17) is 0 Å². The molecule has 0 aliphatic carbocycles. The molecule has 0 radical (unpaired) electrons. The van der Waals surface area contributed by atoms with Crippen molar-refractivity contribution in [2.75, 3.05) is 13.1 Å². The zero-order chi connectivity index (χ0) is 15.7. The normalized spacial score (nSPS) is 22.5. The molecule has 0 aromatic carbocycles. The minimum Gasteiger partial charge on any atom is -1.00 e. The molecule has 0 spiro atoms. The van der Waals surface area contributed by atoms with E-state index in [1.54, 1.807) is 0 Å². The molecule has 0 aromatic heterocycles. The number of nitrogens with one attached hydrogen (secondary N) is 1. The van der Waals surface area contributed by atoms with Crippen LogP contribution in [0.5, 0.6) is 0 Å². The first-order chi connectivity index (χ1) is 10.8. The highest BCUT2D eigenvalue weighted by Crippen LogP contribution is 2.24. The van der Waals surface area contributed by atoms with Gasteiger partial charge in [0.15, 0.2) is 0 Å². The van der Waals surface area contributed by atoms with Crippen molar-refractivity contribution in [3.05, 3.63) is 24.8 Å².